The van der Waals surface area contributed by atoms with Gasteiger partial charge in [-0.25, -0.2) is 0 Å². The Morgan fingerprint density at radius 3 is 2.67 bits per heavy atom. The van der Waals surface area contributed by atoms with Gasteiger partial charge in [-0.3, -0.25) is 9.69 Å². The number of benzene rings is 1. The standard InChI is InChI=1S/C24H34N2O4/c27-24(23-6-3-14-28-23)25-20-11-12-26-13-15-29-22-5-2-1-4-19(22)17-7-9-18(10-8-17)30-16-21(20)26/h1-2,4-5,17-18,20-21,23H,3,6-16H2,(H,25,27)/t17?,18?,20-,21?,23?/m0/s1. The van der Waals surface area contributed by atoms with Crippen molar-refractivity contribution in [2.75, 3.05) is 32.9 Å². The molecular formula is C24H34N2O4. The maximum absolute atomic E-state index is 12.6. The van der Waals surface area contributed by atoms with Gasteiger partial charge in [-0.05, 0) is 62.5 Å². The Morgan fingerprint density at radius 2 is 1.83 bits per heavy atom. The van der Waals surface area contributed by atoms with Gasteiger partial charge in [0.15, 0.2) is 0 Å². The van der Waals surface area contributed by atoms with Gasteiger partial charge in [0.2, 0.25) is 5.91 Å². The van der Waals surface area contributed by atoms with Gasteiger partial charge in [-0.15, -0.1) is 0 Å². The average Bonchev–Trinajstić information content (AvgIpc) is 3.44. The van der Waals surface area contributed by atoms with E-state index in [0.717, 1.165) is 63.8 Å². The first kappa shape index (κ1) is 20.3. The first-order chi connectivity index (χ1) is 14.8. The Bertz CT molecular complexity index is 728. The fraction of sp³-hybridized carbons (Fsp3) is 0.708. The number of carbonyl (C=O) groups excluding carboxylic acids is 1. The van der Waals surface area contributed by atoms with Crippen LogP contribution in [0.25, 0.3) is 0 Å². The van der Waals surface area contributed by atoms with E-state index in [1.165, 1.54) is 5.56 Å². The van der Waals surface area contributed by atoms with Crippen LogP contribution in [0, 0.1) is 0 Å². The van der Waals surface area contributed by atoms with Gasteiger partial charge >= 0.3 is 0 Å². The molecule has 1 aromatic carbocycles. The zero-order valence-electron chi connectivity index (χ0n) is 17.8. The highest BCUT2D eigenvalue weighted by Gasteiger charge is 2.38. The highest BCUT2D eigenvalue weighted by atomic mass is 16.5. The molecule has 164 valence electrons. The van der Waals surface area contributed by atoms with Crippen LogP contribution in [0.1, 0.15) is 56.4 Å². The molecule has 30 heavy (non-hydrogen) atoms. The topological polar surface area (TPSA) is 60.0 Å². The molecule has 4 aliphatic heterocycles. The molecule has 6 nitrogen and oxygen atoms in total. The van der Waals surface area contributed by atoms with Crippen molar-refractivity contribution < 1.29 is 19.0 Å². The first-order valence-corrected chi connectivity index (χ1v) is 11.8. The van der Waals surface area contributed by atoms with Gasteiger partial charge < -0.3 is 19.5 Å². The summed E-state index contributed by atoms with van der Waals surface area (Å²) in [5.74, 6) is 1.66. The molecule has 1 aromatic rings. The summed E-state index contributed by atoms with van der Waals surface area (Å²) in [5.41, 5.74) is 1.36. The quantitative estimate of drug-likeness (QED) is 0.806. The fourth-order valence-electron chi connectivity index (χ4n) is 5.64. The SMILES string of the molecule is O=C(N[C@H]1CCN2CCOc3ccccc3C3CCC(CC3)OCC12)C1CCCO1. The van der Waals surface area contributed by atoms with Crippen molar-refractivity contribution in [3.8, 4) is 5.75 Å². The van der Waals surface area contributed by atoms with Crippen LogP contribution in [0.2, 0.25) is 0 Å². The number of nitrogens with zero attached hydrogens (tertiary/aromatic N) is 1. The lowest BCUT2D eigenvalue weighted by Crippen LogP contribution is -2.50. The zero-order valence-corrected chi connectivity index (χ0v) is 17.8. The number of nitrogens with one attached hydrogen (secondary N) is 1. The van der Waals surface area contributed by atoms with Crippen molar-refractivity contribution in [2.45, 2.75) is 75.2 Å². The predicted molar refractivity (Wildman–Crippen MR) is 114 cm³/mol. The van der Waals surface area contributed by atoms with Crippen molar-refractivity contribution in [1.82, 2.24) is 10.2 Å². The molecule has 1 N–H and O–H groups in total. The molecule has 0 radical (unpaired) electrons. The largest absolute Gasteiger partial charge is 0.492 e. The Labute approximate surface area is 179 Å². The summed E-state index contributed by atoms with van der Waals surface area (Å²) in [6.07, 6.45) is 7.31. The monoisotopic (exact) mass is 414 g/mol. The van der Waals surface area contributed by atoms with Crippen LogP contribution in [-0.4, -0.2) is 68.0 Å². The molecule has 0 spiro atoms. The van der Waals surface area contributed by atoms with Gasteiger partial charge in [0.25, 0.3) is 0 Å². The Morgan fingerprint density at radius 1 is 0.967 bits per heavy atom. The highest BCUT2D eigenvalue weighted by Crippen LogP contribution is 2.38. The molecule has 1 aliphatic carbocycles. The maximum Gasteiger partial charge on any atom is 0.249 e. The van der Waals surface area contributed by atoms with E-state index in [1.54, 1.807) is 0 Å². The number of para-hydroxylation sites is 1. The predicted octanol–water partition coefficient (Wildman–Crippen LogP) is 2.86. The molecule has 6 heteroatoms. The van der Waals surface area contributed by atoms with Crippen LogP contribution in [0.5, 0.6) is 5.75 Å². The van der Waals surface area contributed by atoms with Crippen molar-refractivity contribution in [1.29, 1.82) is 0 Å². The molecule has 1 amide bonds. The van der Waals surface area contributed by atoms with Gasteiger partial charge in [-0.2, -0.15) is 0 Å². The Hall–Kier alpha value is -1.63. The summed E-state index contributed by atoms with van der Waals surface area (Å²) in [7, 11) is 0. The molecule has 2 unspecified atom stereocenters. The number of hydrogen-bond acceptors (Lipinski definition) is 5. The van der Waals surface area contributed by atoms with Gasteiger partial charge in [0.05, 0.1) is 18.8 Å². The van der Waals surface area contributed by atoms with E-state index in [-0.39, 0.29) is 24.1 Å². The lowest BCUT2D eigenvalue weighted by molar-refractivity contribution is -0.131. The summed E-state index contributed by atoms with van der Waals surface area (Å²) in [6.45, 7) is 3.85. The second-order valence-electron chi connectivity index (χ2n) is 9.20. The molecule has 4 heterocycles. The third-order valence-corrected chi connectivity index (χ3v) is 7.38. The third-order valence-electron chi connectivity index (χ3n) is 7.38. The van der Waals surface area contributed by atoms with Crippen molar-refractivity contribution in [3.05, 3.63) is 29.8 Å². The molecule has 5 aliphatic rings. The lowest BCUT2D eigenvalue weighted by atomic mass is 9.82. The Balaban J connectivity index is 1.29. The minimum atomic E-state index is -0.273. The van der Waals surface area contributed by atoms with Crippen LogP contribution in [0.15, 0.2) is 24.3 Å². The van der Waals surface area contributed by atoms with Crippen molar-refractivity contribution in [3.63, 3.8) is 0 Å². The molecular weight excluding hydrogens is 380 g/mol. The van der Waals surface area contributed by atoms with E-state index < -0.39 is 0 Å². The first-order valence-electron chi connectivity index (χ1n) is 11.8. The third kappa shape index (κ3) is 4.36. The number of ether oxygens (including phenoxy) is 3. The average molecular weight is 415 g/mol. The molecule has 1 saturated carbocycles. The molecule has 6 rings (SSSR count). The summed E-state index contributed by atoms with van der Waals surface area (Å²) in [6, 6.07) is 8.87. The molecule has 2 saturated heterocycles. The summed E-state index contributed by atoms with van der Waals surface area (Å²) >= 11 is 0. The highest BCUT2D eigenvalue weighted by molar-refractivity contribution is 5.81. The van der Waals surface area contributed by atoms with Crippen LogP contribution in [0.4, 0.5) is 0 Å². The van der Waals surface area contributed by atoms with E-state index in [2.05, 4.69) is 34.5 Å². The number of hydrogen-bond donors (Lipinski definition) is 1. The number of amides is 1. The zero-order chi connectivity index (χ0) is 20.3. The molecule has 0 aromatic heterocycles. The number of fused-ring (bicyclic) bond motifs is 5. The normalized spacial score (nSPS) is 34.7. The van der Waals surface area contributed by atoms with Gasteiger partial charge in [-0.1, -0.05) is 18.2 Å². The van der Waals surface area contributed by atoms with E-state index in [1.807, 2.05) is 0 Å². The fourth-order valence-corrected chi connectivity index (χ4v) is 5.64. The van der Waals surface area contributed by atoms with Crippen LogP contribution < -0.4 is 10.1 Å². The summed E-state index contributed by atoms with van der Waals surface area (Å²) in [4.78, 5) is 15.1. The summed E-state index contributed by atoms with van der Waals surface area (Å²) < 4.78 is 18.3. The van der Waals surface area contributed by atoms with Crippen LogP contribution in [0.3, 0.4) is 0 Å². The smallest absolute Gasteiger partial charge is 0.249 e. The lowest BCUT2D eigenvalue weighted by Gasteiger charge is -2.32. The van der Waals surface area contributed by atoms with Gasteiger partial charge in [0.1, 0.15) is 18.5 Å². The minimum Gasteiger partial charge on any atom is -0.492 e. The van der Waals surface area contributed by atoms with Gasteiger partial charge in [0, 0.05) is 25.7 Å². The van der Waals surface area contributed by atoms with Crippen molar-refractivity contribution in [2.24, 2.45) is 0 Å². The minimum absolute atomic E-state index is 0.0490. The van der Waals surface area contributed by atoms with Crippen molar-refractivity contribution >= 4 is 5.91 Å². The molecule has 2 bridgehead atoms. The van der Waals surface area contributed by atoms with E-state index in [9.17, 15) is 4.79 Å². The summed E-state index contributed by atoms with van der Waals surface area (Å²) in [5, 5.41) is 3.28. The van der Waals surface area contributed by atoms with E-state index >= 15 is 0 Å². The van der Waals surface area contributed by atoms with Crippen LogP contribution in [-0.2, 0) is 14.3 Å². The Kier molecular flexibility index (Phi) is 6.25. The van der Waals surface area contributed by atoms with E-state index in [0.29, 0.717) is 31.8 Å². The maximum atomic E-state index is 12.6. The molecule has 3 atom stereocenters. The van der Waals surface area contributed by atoms with E-state index in [4.69, 9.17) is 14.2 Å². The van der Waals surface area contributed by atoms with Crippen LogP contribution >= 0.6 is 0 Å². The number of carbonyl (C=O) groups is 1. The second-order valence-corrected chi connectivity index (χ2v) is 9.20. The number of rotatable bonds is 2. The molecule has 3 fully saturated rings. The second kappa shape index (κ2) is 9.25.